The van der Waals surface area contributed by atoms with Gasteiger partial charge in [0.25, 0.3) is 0 Å². The second kappa shape index (κ2) is 7.63. The molecule has 1 fully saturated rings. The highest BCUT2D eigenvalue weighted by molar-refractivity contribution is 6.31. The fourth-order valence-electron chi connectivity index (χ4n) is 6.18. The van der Waals surface area contributed by atoms with Crippen LogP contribution in [0.5, 0.6) is 5.75 Å². The molecule has 2 atom stereocenters. The zero-order valence-electron chi connectivity index (χ0n) is 18.4. The Morgan fingerprint density at radius 1 is 0.970 bits per heavy atom. The third kappa shape index (κ3) is 3.36. The maximum Gasteiger partial charge on any atom is 0.115 e. The molecular weight excluding hydrogens is 432 g/mol. The van der Waals surface area contributed by atoms with Crippen LogP contribution in [0.3, 0.4) is 0 Å². The summed E-state index contributed by atoms with van der Waals surface area (Å²) in [7, 11) is 0. The van der Waals surface area contributed by atoms with Gasteiger partial charge in [-0.25, -0.2) is 0 Å². The van der Waals surface area contributed by atoms with Crippen molar-refractivity contribution < 1.29 is 10.2 Å². The number of aliphatic hydroxyl groups is 1. The highest BCUT2D eigenvalue weighted by Crippen LogP contribution is 2.52. The summed E-state index contributed by atoms with van der Waals surface area (Å²) in [5, 5.41) is 24.5. The Morgan fingerprint density at radius 3 is 2.64 bits per heavy atom. The van der Waals surface area contributed by atoms with Crippen LogP contribution >= 0.6 is 11.6 Å². The number of nitrogens with zero attached hydrogens (tertiary/aromatic N) is 1. The lowest BCUT2D eigenvalue weighted by molar-refractivity contribution is -0.105. The number of halogens is 1. The topological polar surface area (TPSA) is 59.5 Å². The van der Waals surface area contributed by atoms with E-state index in [4.69, 9.17) is 11.6 Å². The molecule has 168 valence electrons. The first kappa shape index (κ1) is 20.8. The molecule has 1 aromatic heterocycles. The minimum atomic E-state index is -0.974. The fourth-order valence-corrected chi connectivity index (χ4v) is 6.35. The molecule has 0 amide bonds. The Bertz CT molecular complexity index is 1330. The van der Waals surface area contributed by atoms with Gasteiger partial charge in [-0.15, -0.1) is 0 Å². The van der Waals surface area contributed by atoms with Gasteiger partial charge in [0.1, 0.15) is 5.75 Å². The molecule has 2 aliphatic rings. The molecule has 3 N–H and O–H groups in total. The average Bonchev–Trinajstić information content (AvgIpc) is 3.13. The number of fused-ring (bicyclic) bond motifs is 4. The first-order valence-corrected chi connectivity index (χ1v) is 11.9. The summed E-state index contributed by atoms with van der Waals surface area (Å²) in [6.45, 7) is 2.27. The number of hydrogen-bond acceptors (Lipinski definition) is 3. The number of nitrogens with one attached hydrogen (secondary N) is 1. The summed E-state index contributed by atoms with van der Waals surface area (Å²) >= 11 is 6.33. The van der Waals surface area contributed by atoms with Gasteiger partial charge in [-0.05, 0) is 60.0 Å². The quantitative estimate of drug-likeness (QED) is 0.395. The molecule has 5 heteroatoms. The summed E-state index contributed by atoms with van der Waals surface area (Å²) in [4.78, 5) is 5.97. The van der Waals surface area contributed by atoms with Crippen molar-refractivity contribution in [1.29, 1.82) is 0 Å². The number of aromatic amines is 1. The van der Waals surface area contributed by atoms with Crippen LogP contribution in [0.15, 0.2) is 72.8 Å². The van der Waals surface area contributed by atoms with Gasteiger partial charge < -0.3 is 15.2 Å². The van der Waals surface area contributed by atoms with Crippen LogP contribution in [0.1, 0.15) is 28.8 Å². The maximum atomic E-state index is 12.5. The van der Waals surface area contributed by atoms with Crippen LogP contribution in [-0.2, 0) is 24.8 Å². The van der Waals surface area contributed by atoms with Crippen molar-refractivity contribution in [3.63, 3.8) is 0 Å². The number of benzene rings is 3. The van der Waals surface area contributed by atoms with E-state index < -0.39 is 11.0 Å². The molecule has 0 spiro atoms. The molecule has 4 aromatic rings. The van der Waals surface area contributed by atoms with E-state index in [0.717, 1.165) is 47.2 Å². The molecule has 2 heterocycles. The highest BCUT2D eigenvalue weighted by atomic mass is 35.5. The van der Waals surface area contributed by atoms with E-state index in [1.165, 1.54) is 5.56 Å². The van der Waals surface area contributed by atoms with E-state index in [9.17, 15) is 10.2 Å². The number of phenols is 1. The van der Waals surface area contributed by atoms with Crippen molar-refractivity contribution in [2.24, 2.45) is 0 Å². The van der Waals surface area contributed by atoms with Crippen molar-refractivity contribution in [2.75, 3.05) is 13.1 Å². The van der Waals surface area contributed by atoms with Gasteiger partial charge in [0.05, 0.1) is 5.60 Å². The summed E-state index contributed by atoms with van der Waals surface area (Å²) in [6, 6.07) is 23.8. The van der Waals surface area contributed by atoms with Crippen LogP contribution in [-0.4, -0.2) is 38.8 Å². The zero-order chi connectivity index (χ0) is 22.6. The van der Waals surface area contributed by atoms with Crippen molar-refractivity contribution >= 4 is 22.5 Å². The lowest BCUT2D eigenvalue weighted by Gasteiger charge is -2.56. The largest absolute Gasteiger partial charge is 0.508 e. The molecule has 3 aromatic carbocycles. The summed E-state index contributed by atoms with van der Waals surface area (Å²) in [5.41, 5.74) is 4.19. The normalized spacial score (nSPS) is 25.0. The van der Waals surface area contributed by atoms with Crippen LogP contribution in [0.4, 0.5) is 0 Å². The summed E-state index contributed by atoms with van der Waals surface area (Å²) in [6.07, 6.45) is 2.06. The van der Waals surface area contributed by atoms with E-state index in [0.29, 0.717) is 24.4 Å². The fraction of sp³-hybridized carbons (Fsp3) is 0.286. The van der Waals surface area contributed by atoms with Crippen molar-refractivity contribution in [3.8, 4) is 5.75 Å². The number of hydrogen-bond donors (Lipinski definition) is 3. The predicted octanol–water partition coefficient (Wildman–Crippen LogP) is 5.20. The predicted molar refractivity (Wildman–Crippen MR) is 132 cm³/mol. The van der Waals surface area contributed by atoms with Crippen LogP contribution in [0.2, 0.25) is 5.02 Å². The van der Waals surface area contributed by atoms with Crippen molar-refractivity contribution in [1.82, 2.24) is 9.88 Å². The Hall–Kier alpha value is -2.79. The number of aromatic nitrogens is 1. The lowest BCUT2D eigenvalue weighted by atomic mass is 9.56. The average molecular weight is 459 g/mol. The number of aromatic hydroxyl groups is 1. The molecular formula is C28H27ClN2O2. The van der Waals surface area contributed by atoms with Crippen molar-refractivity contribution in [3.05, 3.63) is 100 Å². The molecule has 1 aliphatic heterocycles. The maximum absolute atomic E-state index is 12.5. The second-order valence-electron chi connectivity index (χ2n) is 9.74. The minimum Gasteiger partial charge on any atom is -0.508 e. The third-order valence-corrected chi connectivity index (χ3v) is 8.02. The number of piperidine rings is 1. The molecule has 0 unspecified atom stereocenters. The monoisotopic (exact) mass is 458 g/mol. The van der Waals surface area contributed by atoms with Gasteiger partial charge in [-0.3, -0.25) is 4.90 Å². The van der Waals surface area contributed by atoms with Gasteiger partial charge in [0.15, 0.2) is 0 Å². The molecule has 0 bridgehead atoms. The Balaban J connectivity index is 1.46. The van der Waals surface area contributed by atoms with Crippen LogP contribution < -0.4 is 0 Å². The molecule has 6 rings (SSSR count). The SMILES string of the molecule is Oc1cccc([C@@]23CCN(Cc4ccccc4)C[C@@]2(O)Cc2c([nH]c4ccc(Cl)cc24)C3)c1. The molecule has 1 aliphatic carbocycles. The number of H-pyrrole nitrogens is 1. The van der Waals surface area contributed by atoms with Crippen molar-refractivity contribution in [2.45, 2.75) is 36.8 Å². The Morgan fingerprint density at radius 2 is 1.82 bits per heavy atom. The standard InChI is InChI=1S/C28H27ClN2O2/c29-21-9-10-25-23(14-21)24-15-28(33)18-31(17-19-5-2-1-3-6-19)12-11-27(28,16-26(24)30-25)20-7-4-8-22(32)13-20/h1-10,13-14,30,32-33H,11-12,15-18H2/t27-,28-/m0/s1. The number of likely N-dealkylation sites (tertiary alicyclic amines) is 1. The van der Waals surface area contributed by atoms with E-state index in [1.54, 1.807) is 6.07 Å². The van der Waals surface area contributed by atoms with Gasteiger partial charge in [0.2, 0.25) is 0 Å². The Kier molecular flexibility index (Phi) is 4.80. The smallest absolute Gasteiger partial charge is 0.115 e. The van der Waals surface area contributed by atoms with E-state index in [1.807, 2.05) is 36.4 Å². The number of β-amino-alcohol motifs (C(OH)–C–C–N with tert-alkyl or cyclic N) is 1. The molecule has 4 nitrogen and oxygen atoms in total. The third-order valence-electron chi connectivity index (χ3n) is 7.78. The Labute approximate surface area is 198 Å². The summed E-state index contributed by atoms with van der Waals surface area (Å²) in [5.74, 6) is 0.241. The number of rotatable bonds is 3. The van der Waals surface area contributed by atoms with E-state index in [2.05, 4.69) is 40.2 Å². The van der Waals surface area contributed by atoms with Crippen LogP contribution in [0, 0.1) is 0 Å². The molecule has 0 saturated carbocycles. The van der Waals surface area contributed by atoms with E-state index in [-0.39, 0.29) is 5.75 Å². The number of phenolic OH excluding ortho intramolecular Hbond substituents is 1. The lowest BCUT2D eigenvalue weighted by Crippen LogP contribution is -2.66. The molecule has 33 heavy (non-hydrogen) atoms. The van der Waals surface area contributed by atoms with Gasteiger partial charge >= 0.3 is 0 Å². The molecule has 0 radical (unpaired) electrons. The van der Waals surface area contributed by atoms with Gasteiger partial charge in [-0.1, -0.05) is 54.1 Å². The van der Waals surface area contributed by atoms with Crippen LogP contribution in [0.25, 0.3) is 10.9 Å². The highest BCUT2D eigenvalue weighted by Gasteiger charge is 2.57. The van der Waals surface area contributed by atoms with Gasteiger partial charge in [0, 0.05) is 53.0 Å². The zero-order valence-corrected chi connectivity index (χ0v) is 19.1. The van der Waals surface area contributed by atoms with E-state index >= 15 is 0 Å². The minimum absolute atomic E-state index is 0.241. The first-order chi connectivity index (χ1) is 16.0. The second-order valence-corrected chi connectivity index (χ2v) is 10.2. The van der Waals surface area contributed by atoms with Gasteiger partial charge in [-0.2, -0.15) is 0 Å². The summed E-state index contributed by atoms with van der Waals surface area (Å²) < 4.78 is 0. The molecule has 1 saturated heterocycles. The first-order valence-electron chi connectivity index (χ1n) is 11.5.